The summed E-state index contributed by atoms with van der Waals surface area (Å²) in [6.45, 7) is 6.54. The molecule has 0 heterocycles. The summed E-state index contributed by atoms with van der Waals surface area (Å²) in [6.07, 6.45) is 3.24. The SMILES string of the molecule is CCN(CC(=O)OC)C(=O)C=Cc1ccc(C(C)C)cc1. The number of esters is 1. The largest absolute Gasteiger partial charge is 0.468 e. The van der Waals surface area contributed by atoms with Crippen molar-refractivity contribution in [2.45, 2.75) is 26.7 Å². The molecule has 0 saturated heterocycles. The number of likely N-dealkylation sites (N-methyl/N-ethyl adjacent to an activating group) is 1. The maximum absolute atomic E-state index is 12.0. The van der Waals surface area contributed by atoms with E-state index in [0.29, 0.717) is 12.5 Å². The summed E-state index contributed by atoms with van der Waals surface area (Å²) >= 11 is 0. The quantitative estimate of drug-likeness (QED) is 0.597. The highest BCUT2D eigenvalue weighted by Crippen LogP contribution is 2.15. The van der Waals surface area contributed by atoms with Gasteiger partial charge in [0, 0.05) is 12.6 Å². The first kappa shape index (κ1) is 17.0. The van der Waals surface area contributed by atoms with E-state index in [1.54, 1.807) is 6.08 Å². The Labute approximate surface area is 126 Å². The molecular weight excluding hydrogens is 266 g/mol. The fourth-order valence-electron chi connectivity index (χ4n) is 1.83. The lowest BCUT2D eigenvalue weighted by atomic mass is 10.0. The number of hydrogen-bond donors (Lipinski definition) is 0. The van der Waals surface area contributed by atoms with E-state index in [0.717, 1.165) is 5.56 Å². The molecule has 0 aliphatic rings. The molecule has 0 fully saturated rings. The number of benzene rings is 1. The topological polar surface area (TPSA) is 46.6 Å². The van der Waals surface area contributed by atoms with Crippen molar-refractivity contribution in [1.29, 1.82) is 0 Å². The van der Waals surface area contributed by atoms with Gasteiger partial charge in [0.25, 0.3) is 0 Å². The van der Waals surface area contributed by atoms with E-state index in [2.05, 4.69) is 30.7 Å². The molecule has 0 aliphatic carbocycles. The summed E-state index contributed by atoms with van der Waals surface area (Å²) in [5, 5.41) is 0. The lowest BCUT2D eigenvalue weighted by molar-refractivity contribution is -0.145. The van der Waals surface area contributed by atoms with Crippen molar-refractivity contribution in [2.24, 2.45) is 0 Å². The number of carbonyl (C=O) groups excluding carboxylic acids is 2. The van der Waals surface area contributed by atoms with Crippen LogP contribution in [0.2, 0.25) is 0 Å². The molecular formula is C17H23NO3. The molecule has 1 amide bonds. The Hall–Kier alpha value is -2.10. The van der Waals surface area contributed by atoms with Crippen molar-refractivity contribution >= 4 is 18.0 Å². The Morgan fingerprint density at radius 1 is 1.24 bits per heavy atom. The molecule has 0 aromatic heterocycles. The fraction of sp³-hybridized carbons (Fsp3) is 0.412. The maximum Gasteiger partial charge on any atom is 0.325 e. The van der Waals surface area contributed by atoms with Gasteiger partial charge in [0.1, 0.15) is 6.54 Å². The van der Waals surface area contributed by atoms with Crippen LogP contribution in [0.5, 0.6) is 0 Å². The number of amides is 1. The maximum atomic E-state index is 12.0. The monoisotopic (exact) mass is 289 g/mol. The van der Waals surface area contributed by atoms with E-state index < -0.39 is 5.97 Å². The van der Waals surface area contributed by atoms with Crippen molar-refractivity contribution in [1.82, 2.24) is 4.90 Å². The van der Waals surface area contributed by atoms with E-state index in [-0.39, 0.29) is 12.5 Å². The number of ether oxygens (including phenoxy) is 1. The zero-order valence-electron chi connectivity index (χ0n) is 13.1. The van der Waals surface area contributed by atoms with Crippen molar-refractivity contribution in [3.05, 3.63) is 41.5 Å². The summed E-state index contributed by atoms with van der Waals surface area (Å²) < 4.78 is 4.57. The molecule has 1 aromatic rings. The van der Waals surface area contributed by atoms with Crippen molar-refractivity contribution < 1.29 is 14.3 Å². The molecule has 1 aromatic carbocycles. The third-order valence-corrected chi connectivity index (χ3v) is 3.26. The van der Waals surface area contributed by atoms with Crippen LogP contribution in [-0.4, -0.2) is 37.0 Å². The van der Waals surface area contributed by atoms with Gasteiger partial charge >= 0.3 is 5.97 Å². The minimum atomic E-state index is -0.417. The highest BCUT2D eigenvalue weighted by molar-refractivity contribution is 5.93. The normalized spacial score (nSPS) is 10.9. The standard InChI is InChI=1S/C17H23NO3/c1-5-18(12-17(20)21-4)16(19)11-8-14-6-9-15(10-7-14)13(2)3/h6-11,13H,5,12H2,1-4H3. The lowest BCUT2D eigenvalue weighted by Crippen LogP contribution is -2.34. The lowest BCUT2D eigenvalue weighted by Gasteiger charge is -2.17. The average molecular weight is 289 g/mol. The van der Waals surface area contributed by atoms with Crippen LogP contribution >= 0.6 is 0 Å². The van der Waals surface area contributed by atoms with Gasteiger partial charge in [-0.2, -0.15) is 0 Å². The van der Waals surface area contributed by atoms with Crippen LogP contribution in [0, 0.1) is 0 Å². The molecule has 0 atom stereocenters. The zero-order chi connectivity index (χ0) is 15.8. The molecule has 0 saturated carbocycles. The molecule has 0 N–H and O–H groups in total. The number of hydrogen-bond acceptors (Lipinski definition) is 3. The van der Waals surface area contributed by atoms with Crippen LogP contribution in [0.15, 0.2) is 30.3 Å². The zero-order valence-corrected chi connectivity index (χ0v) is 13.1. The summed E-state index contributed by atoms with van der Waals surface area (Å²) in [5.74, 6) is -0.129. The Kier molecular flexibility index (Phi) is 6.66. The van der Waals surface area contributed by atoms with Crippen LogP contribution in [-0.2, 0) is 14.3 Å². The molecule has 21 heavy (non-hydrogen) atoms. The minimum Gasteiger partial charge on any atom is -0.468 e. The fourth-order valence-corrected chi connectivity index (χ4v) is 1.83. The van der Waals surface area contributed by atoms with Crippen LogP contribution in [0.4, 0.5) is 0 Å². The predicted octanol–water partition coefficient (Wildman–Crippen LogP) is 2.84. The molecule has 0 spiro atoms. The molecule has 4 nitrogen and oxygen atoms in total. The Morgan fingerprint density at radius 2 is 1.86 bits per heavy atom. The summed E-state index contributed by atoms with van der Waals surface area (Å²) in [5.41, 5.74) is 2.22. The first-order valence-electron chi connectivity index (χ1n) is 7.11. The average Bonchev–Trinajstić information content (AvgIpc) is 2.50. The van der Waals surface area contributed by atoms with Crippen LogP contribution in [0.3, 0.4) is 0 Å². The second-order valence-electron chi connectivity index (χ2n) is 5.08. The first-order valence-corrected chi connectivity index (χ1v) is 7.11. The van der Waals surface area contributed by atoms with Crippen LogP contribution < -0.4 is 0 Å². The van der Waals surface area contributed by atoms with E-state index in [1.165, 1.54) is 23.6 Å². The summed E-state index contributed by atoms with van der Waals surface area (Å²) in [4.78, 5) is 24.7. The second-order valence-corrected chi connectivity index (χ2v) is 5.08. The second kappa shape index (κ2) is 8.25. The molecule has 114 valence electrons. The molecule has 4 heteroatoms. The number of nitrogens with zero attached hydrogens (tertiary/aromatic N) is 1. The predicted molar refractivity (Wildman–Crippen MR) is 83.8 cm³/mol. The number of methoxy groups -OCH3 is 1. The Morgan fingerprint density at radius 3 is 2.33 bits per heavy atom. The summed E-state index contributed by atoms with van der Waals surface area (Å²) in [6, 6.07) is 8.08. The highest BCUT2D eigenvalue weighted by Gasteiger charge is 2.13. The van der Waals surface area contributed by atoms with Crippen LogP contribution in [0.25, 0.3) is 6.08 Å². The van der Waals surface area contributed by atoms with Gasteiger partial charge < -0.3 is 9.64 Å². The Balaban J connectivity index is 2.69. The van der Waals surface area contributed by atoms with Gasteiger partial charge in [-0.15, -0.1) is 0 Å². The van der Waals surface area contributed by atoms with E-state index in [4.69, 9.17) is 0 Å². The molecule has 0 radical (unpaired) electrons. The van der Waals surface area contributed by atoms with Crippen molar-refractivity contribution in [2.75, 3.05) is 20.2 Å². The highest BCUT2D eigenvalue weighted by atomic mass is 16.5. The van der Waals surface area contributed by atoms with Crippen molar-refractivity contribution in [3.63, 3.8) is 0 Å². The molecule has 1 rings (SSSR count). The third-order valence-electron chi connectivity index (χ3n) is 3.26. The van der Waals surface area contributed by atoms with Gasteiger partial charge in [-0.25, -0.2) is 0 Å². The molecule has 0 unspecified atom stereocenters. The molecule has 0 bridgehead atoms. The molecule has 0 aliphatic heterocycles. The van der Waals surface area contributed by atoms with Gasteiger partial charge in [0.05, 0.1) is 7.11 Å². The third kappa shape index (κ3) is 5.42. The smallest absolute Gasteiger partial charge is 0.325 e. The Bertz CT molecular complexity index is 503. The van der Waals surface area contributed by atoms with Gasteiger partial charge in [-0.1, -0.05) is 38.1 Å². The van der Waals surface area contributed by atoms with Gasteiger partial charge in [0.15, 0.2) is 0 Å². The van der Waals surface area contributed by atoms with E-state index in [1.807, 2.05) is 19.1 Å². The van der Waals surface area contributed by atoms with Gasteiger partial charge in [-0.3, -0.25) is 9.59 Å². The van der Waals surface area contributed by atoms with Gasteiger partial charge in [-0.05, 0) is 30.0 Å². The minimum absolute atomic E-state index is 0.0253. The van der Waals surface area contributed by atoms with Crippen LogP contribution in [0.1, 0.15) is 37.8 Å². The number of rotatable bonds is 6. The van der Waals surface area contributed by atoms with Gasteiger partial charge in [0.2, 0.25) is 5.91 Å². The van der Waals surface area contributed by atoms with E-state index in [9.17, 15) is 9.59 Å². The van der Waals surface area contributed by atoms with E-state index >= 15 is 0 Å². The number of carbonyl (C=O) groups is 2. The van der Waals surface area contributed by atoms with Crippen molar-refractivity contribution in [3.8, 4) is 0 Å². The first-order chi connectivity index (χ1) is 9.97. The summed E-state index contributed by atoms with van der Waals surface area (Å²) in [7, 11) is 1.31.